The van der Waals surface area contributed by atoms with Gasteiger partial charge in [0.2, 0.25) is 0 Å². The quantitative estimate of drug-likeness (QED) is 0.409. The van der Waals surface area contributed by atoms with Crippen LogP contribution in [0.2, 0.25) is 0 Å². The fraction of sp³-hybridized carbons (Fsp3) is 0.429. The molecule has 0 aromatic heterocycles. The van der Waals surface area contributed by atoms with E-state index in [0.29, 0.717) is 18.0 Å². The summed E-state index contributed by atoms with van der Waals surface area (Å²) in [5.41, 5.74) is 0.630. The second kappa shape index (κ2) is 10.5. The molecule has 0 radical (unpaired) electrons. The van der Waals surface area contributed by atoms with Gasteiger partial charge >= 0.3 is 0 Å². The van der Waals surface area contributed by atoms with E-state index < -0.39 is 4.92 Å². The van der Waals surface area contributed by atoms with Gasteiger partial charge in [0.05, 0.1) is 4.92 Å². The van der Waals surface area contributed by atoms with Crippen molar-refractivity contribution in [1.29, 1.82) is 0 Å². The predicted octanol–water partition coefficient (Wildman–Crippen LogP) is 3.33. The van der Waals surface area contributed by atoms with Gasteiger partial charge in [-0.15, -0.1) is 0 Å². The Morgan fingerprint density at radius 3 is 2.44 bits per heavy atom. The van der Waals surface area contributed by atoms with Crippen molar-refractivity contribution < 1.29 is 4.92 Å². The van der Waals surface area contributed by atoms with Crippen molar-refractivity contribution in [2.45, 2.75) is 21.3 Å². The first kappa shape index (κ1) is 18.7. The Morgan fingerprint density at radius 1 is 1.44 bits per heavy atom. The van der Waals surface area contributed by atoms with Crippen LogP contribution in [0, 0.1) is 16.0 Å². The third-order valence-electron chi connectivity index (χ3n) is 2.03. The monoisotopic (exact) mass is 252 g/mol. The Kier molecular flexibility index (Phi) is 10.9. The van der Waals surface area contributed by atoms with Gasteiger partial charge in [-0.1, -0.05) is 52.7 Å². The Morgan fingerprint density at radius 2 is 2.06 bits per heavy atom. The average molecular weight is 252 g/mol. The minimum absolute atomic E-state index is 0. The lowest BCUT2D eigenvalue weighted by Gasteiger charge is -2.07. The van der Waals surface area contributed by atoms with Gasteiger partial charge < -0.3 is 5.32 Å². The zero-order valence-electron chi connectivity index (χ0n) is 10.5. The second-order valence-electron chi connectivity index (χ2n) is 3.99. The molecule has 0 unspecified atom stereocenters. The molecule has 0 amide bonds. The molecular formula is C14H24N2O2. The number of nitro groups is 1. The summed E-state index contributed by atoms with van der Waals surface area (Å²) < 4.78 is 0. The fourth-order valence-electron chi connectivity index (χ4n) is 1.21. The lowest BCUT2D eigenvalue weighted by Crippen LogP contribution is -2.23. The van der Waals surface area contributed by atoms with Gasteiger partial charge in [-0.25, -0.2) is 0 Å². The minimum Gasteiger partial charge on any atom is -0.312 e. The summed E-state index contributed by atoms with van der Waals surface area (Å²) in [7, 11) is 0. The molecule has 0 bridgehead atoms. The van der Waals surface area contributed by atoms with E-state index in [4.69, 9.17) is 0 Å². The van der Waals surface area contributed by atoms with E-state index in [1.807, 2.05) is 0 Å². The Labute approximate surface area is 110 Å². The van der Waals surface area contributed by atoms with E-state index in [1.165, 1.54) is 18.2 Å². The van der Waals surface area contributed by atoms with E-state index in [9.17, 15) is 10.1 Å². The topological polar surface area (TPSA) is 55.2 Å². The zero-order chi connectivity index (χ0) is 13.3. The fourth-order valence-corrected chi connectivity index (χ4v) is 1.21. The van der Waals surface area contributed by atoms with Gasteiger partial charge in [0.15, 0.2) is 0 Å². The third-order valence-corrected chi connectivity index (χ3v) is 2.03. The third kappa shape index (κ3) is 7.57. The van der Waals surface area contributed by atoms with E-state index in [1.54, 1.807) is 6.08 Å². The largest absolute Gasteiger partial charge is 0.312 e. The van der Waals surface area contributed by atoms with Gasteiger partial charge in [-0.2, -0.15) is 0 Å². The van der Waals surface area contributed by atoms with Crippen LogP contribution in [0.25, 0.3) is 0 Å². The average Bonchev–Trinajstić information content (AvgIpc) is 2.26. The molecule has 0 aromatic carbocycles. The number of nitrogens with zero attached hydrogens (tertiary/aromatic N) is 1. The van der Waals surface area contributed by atoms with Crippen LogP contribution in [0.4, 0.5) is 0 Å². The predicted molar refractivity (Wildman–Crippen MR) is 78.0 cm³/mol. The summed E-state index contributed by atoms with van der Waals surface area (Å²) in [6, 6.07) is 0. The van der Waals surface area contributed by atoms with Crippen LogP contribution in [0.5, 0.6) is 0 Å². The molecule has 0 rings (SSSR count). The minimum atomic E-state index is -0.409. The highest BCUT2D eigenvalue weighted by atomic mass is 16.6. The Balaban J connectivity index is 0. The number of allylic oxidation sites excluding steroid dienone is 3. The molecule has 0 saturated heterocycles. The Hall–Kier alpha value is -1.68. The molecule has 0 aliphatic rings. The van der Waals surface area contributed by atoms with E-state index in [2.05, 4.69) is 32.3 Å². The first-order valence-electron chi connectivity index (χ1n) is 5.52. The van der Waals surface area contributed by atoms with E-state index >= 15 is 0 Å². The molecule has 4 heteroatoms. The van der Waals surface area contributed by atoms with Gasteiger partial charge in [-0.05, 0) is 12.5 Å². The number of hydrogen-bond donors (Lipinski definition) is 1. The highest BCUT2D eigenvalue weighted by Crippen LogP contribution is 2.08. The molecule has 0 aromatic rings. The molecule has 0 heterocycles. The molecule has 4 nitrogen and oxygen atoms in total. The van der Waals surface area contributed by atoms with Crippen molar-refractivity contribution in [2.75, 3.05) is 13.1 Å². The molecule has 0 aliphatic heterocycles. The molecular weight excluding hydrogens is 228 g/mol. The number of nitrogens with one attached hydrogen (secondary N) is 1. The zero-order valence-corrected chi connectivity index (χ0v) is 10.5. The lowest BCUT2D eigenvalue weighted by molar-refractivity contribution is -0.420. The van der Waals surface area contributed by atoms with E-state index in [-0.39, 0.29) is 13.1 Å². The highest BCUT2D eigenvalue weighted by Gasteiger charge is 2.12. The SMILES string of the molecule is C.C=C/C=C\C(=C(/C=C)CNCC(C)C)[N+](=O)[O-]. The summed E-state index contributed by atoms with van der Waals surface area (Å²) in [6.45, 7) is 12.5. The van der Waals surface area contributed by atoms with Gasteiger partial charge in [0.1, 0.15) is 0 Å². The van der Waals surface area contributed by atoms with Crippen LogP contribution in [0.15, 0.2) is 48.7 Å². The van der Waals surface area contributed by atoms with Crippen molar-refractivity contribution in [3.05, 3.63) is 58.8 Å². The van der Waals surface area contributed by atoms with Gasteiger partial charge in [-0.3, -0.25) is 10.1 Å². The van der Waals surface area contributed by atoms with Crippen LogP contribution in [-0.2, 0) is 0 Å². The van der Waals surface area contributed by atoms with Crippen LogP contribution >= 0.6 is 0 Å². The summed E-state index contributed by atoms with van der Waals surface area (Å²) in [5.74, 6) is 0.504. The summed E-state index contributed by atoms with van der Waals surface area (Å²) in [6.07, 6.45) is 6.00. The van der Waals surface area contributed by atoms with Gasteiger partial charge in [0.25, 0.3) is 5.70 Å². The summed E-state index contributed by atoms with van der Waals surface area (Å²) in [4.78, 5) is 10.5. The smallest absolute Gasteiger partial charge is 0.273 e. The molecule has 102 valence electrons. The lowest BCUT2D eigenvalue weighted by atomic mass is 10.1. The first-order chi connectivity index (χ1) is 8.02. The second-order valence-corrected chi connectivity index (χ2v) is 3.99. The normalized spacial score (nSPS) is 11.9. The van der Waals surface area contributed by atoms with Crippen molar-refractivity contribution >= 4 is 0 Å². The number of hydrogen-bond acceptors (Lipinski definition) is 3. The number of rotatable bonds is 8. The van der Waals surface area contributed by atoms with E-state index in [0.717, 1.165) is 6.54 Å². The maximum absolute atomic E-state index is 10.9. The molecule has 0 atom stereocenters. The molecule has 0 saturated carbocycles. The molecule has 1 N–H and O–H groups in total. The standard InChI is InChI=1S/C13H20N2O2.CH4/c1-5-7-8-13(15(16)17)12(6-2)10-14-9-11(3)4;/h5-8,11,14H,1-2,9-10H2,3-4H3;1H4/b8-7-,13-12-;. The maximum Gasteiger partial charge on any atom is 0.273 e. The van der Waals surface area contributed by atoms with Crippen molar-refractivity contribution in [1.82, 2.24) is 5.32 Å². The maximum atomic E-state index is 10.9. The van der Waals surface area contributed by atoms with Crippen molar-refractivity contribution in [3.63, 3.8) is 0 Å². The highest BCUT2D eigenvalue weighted by molar-refractivity contribution is 5.29. The summed E-state index contributed by atoms with van der Waals surface area (Å²) >= 11 is 0. The molecule has 0 spiro atoms. The van der Waals surface area contributed by atoms with Crippen LogP contribution < -0.4 is 5.32 Å². The Bertz CT molecular complexity index is 342. The van der Waals surface area contributed by atoms with Crippen molar-refractivity contribution in [2.24, 2.45) is 5.92 Å². The molecule has 18 heavy (non-hydrogen) atoms. The van der Waals surface area contributed by atoms with Crippen molar-refractivity contribution in [3.8, 4) is 0 Å². The summed E-state index contributed by atoms with van der Waals surface area (Å²) in [5, 5.41) is 14.0. The first-order valence-corrected chi connectivity index (χ1v) is 5.52. The molecule has 0 fully saturated rings. The van der Waals surface area contributed by atoms with Gasteiger partial charge in [0, 0.05) is 18.2 Å². The molecule has 0 aliphatic carbocycles. The van der Waals surface area contributed by atoms with Crippen LogP contribution in [0.3, 0.4) is 0 Å². The van der Waals surface area contributed by atoms with Crippen LogP contribution in [-0.4, -0.2) is 18.0 Å². The van der Waals surface area contributed by atoms with Crippen LogP contribution in [0.1, 0.15) is 21.3 Å².